The van der Waals surface area contributed by atoms with E-state index in [1.807, 2.05) is 23.4 Å². The van der Waals surface area contributed by atoms with E-state index < -0.39 is 0 Å². The van der Waals surface area contributed by atoms with Crippen LogP contribution < -0.4 is 0 Å². The number of aliphatic hydroxyl groups excluding tert-OH is 1. The number of aryl methyl sites for hydroxylation is 1. The minimum Gasteiger partial charge on any atom is -0.395 e. The van der Waals surface area contributed by atoms with Gasteiger partial charge in [-0.05, 0) is 32.6 Å². The van der Waals surface area contributed by atoms with Gasteiger partial charge in [-0.1, -0.05) is 13.8 Å². The molecular weight excluding hydrogens is 266 g/mol. The van der Waals surface area contributed by atoms with E-state index in [4.69, 9.17) is 5.11 Å². The van der Waals surface area contributed by atoms with Crippen molar-refractivity contribution in [1.82, 2.24) is 14.7 Å². The SMILES string of the molecule is Cc1nn(CC(C)C)c(C)c1CC(=O)N(CCO)C1CC1. The Labute approximate surface area is 126 Å². The average molecular weight is 293 g/mol. The quantitative estimate of drug-likeness (QED) is 0.832. The van der Waals surface area contributed by atoms with E-state index in [2.05, 4.69) is 18.9 Å². The molecule has 1 aliphatic carbocycles. The minimum absolute atomic E-state index is 0.0345. The lowest BCUT2D eigenvalue weighted by atomic mass is 10.1. The molecule has 1 fully saturated rings. The molecule has 1 heterocycles. The molecule has 2 rings (SSSR count). The third-order valence-electron chi connectivity index (χ3n) is 4.05. The fourth-order valence-corrected chi connectivity index (χ4v) is 2.77. The number of hydrogen-bond acceptors (Lipinski definition) is 3. The molecular formula is C16H27N3O2. The van der Waals surface area contributed by atoms with E-state index in [1.54, 1.807) is 0 Å². The number of aromatic nitrogens is 2. The molecule has 0 bridgehead atoms. The number of carbonyl (C=O) groups is 1. The zero-order valence-electron chi connectivity index (χ0n) is 13.6. The number of carbonyl (C=O) groups excluding carboxylic acids is 1. The molecule has 0 saturated heterocycles. The molecule has 1 aromatic heterocycles. The Morgan fingerprint density at radius 1 is 1.43 bits per heavy atom. The van der Waals surface area contributed by atoms with Crippen molar-refractivity contribution in [1.29, 1.82) is 0 Å². The first-order valence-corrected chi connectivity index (χ1v) is 7.87. The fraction of sp³-hybridized carbons (Fsp3) is 0.750. The molecule has 0 aromatic carbocycles. The first kappa shape index (κ1) is 16.0. The van der Waals surface area contributed by atoms with E-state index in [1.165, 1.54) is 0 Å². The lowest BCUT2D eigenvalue weighted by Gasteiger charge is -2.21. The molecule has 0 aliphatic heterocycles. The van der Waals surface area contributed by atoms with Crippen molar-refractivity contribution in [2.75, 3.05) is 13.2 Å². The standard InChI is InChI=1S/C16H27N3O2/c1-11(2)10-19-13(4)15(12(3)17-19)9-16(21)18(7-8-20)14-5-6-14/h11,14,20H,5-10H2,1-4H3. The highest BCUT2D eigenvalue weighted by molar-refractivity contribution is 5.80. The van der Waals surface area contributed by atoms with Crippen molar-refractivity contribution in [3.05, 3.63) is 17.0 Å². The van der Waals surface area contributed by atoms with Gasteiger partial charge in [-0.3, -0.25) is 9.48 Å². The topological polar surface area (TPSA) is 58.4 Å². The summed E-state index contributed by atoms with van der Waals surface area (Å²) >= 11 is 0. The maximum atomic E-state index is 12.5. The van der Waals surface area contributed by atoms with Crippen LogP contribution in [0.3, 0.4) is 0 Å². The van der Waals surface area contributed by atoms with Crippen molar-refractivity contribution in [2.24, 2.45) is 5.92 Å². The summed E-state index contributed by atoms with van der Waals surface area (Å²) in [6.07, 6.45) is 2.53. The second-order valence-electron chi connectivity index (χ2n) is 6.44. The molecule has 0 radical (unpaired) electrons. The molecule has 5 heteroatoms. The highest BCUT2D eigenvalue weighted by Crippen LogP contribution is 2.27. The second-order valence-corrected chi connectivity index (χ2v) is 6.44. The van der Waals surface area contributed by atoms with E-state index in [0.717, 1.165) is 36.3 Å². The van der Waals surface area contributed by atoms with Crippen LogP contribution in [-0.4, -0.2) is 44.9 Å². The maximum Gasteiger partial charge on any atom is 0.227 e. The first-order chi connectivity index (χ1) is 9.93. The Balaban J connectivity index is 2.11. The Kier molecular flexibility index (Phi) is 5.04. The van der Waals surface area contributed by atoms with Gasteiger partial charge in [0.15, 0.2) is 0 Å². The Morgan fingerprint density at radius 3 is 2.62 bits per heavy atom. The average Bonchev–Trinajstić information content (AvgIpc) is 3.20. The highest BCUT2D eigenvalue weighted by atomic mass is 16.3. The lowest BCUT2D eigenvalue weighted by Crippen LogP contribution is -2.36. The molecule has 21 heavy (non-hydrogen) atoms. The Bertz CT molecular complexity index is 504. The van der Waals surface area contributed by atoms with Crippen LogP contribution in [0.5, 0.6) is 0 Å². The van der Waals surface area contributed by atoms with E-state index in [9.17, 15) is 4.79 Å². The molecule has 0 unspecified atom stereocenters. The van der Waals surface area contributed by atoms with Crippen LogP contribution >= 0.6 is 0 Å². The van der Waals surface area contributed by atoms with Crippen molar-refractivity contribution in [2.45, 2.75) is 59.5 Å². The number of rotatable bonds is 7. The number of nitrogens with zero attached hydrogens (tertiary/aromatic N) is 3. The summed E-state index contributed by atoms with van der Waals surface area (Å²) in [4.78, 5) is 14.3. The van der Waals surface area contributed by atoms with Gasteiger partial charge in [0, 0.05) is 30.4 Å². The Hall–Kier alpha value is -1.36. The molecule has 0 spiro atoms. The number of hydrogen-bond donors (Lipinski definition) is 1. The van der Waals surface area contributed by atoms with Crippen molar-refractivity contribution in [3.8, 4) is 0 Å². The van der Waals surface area contributed by atoms with Crippen LogP contribution in [0.4, 0.5) is 0 Å². The van der Waals surface area contributed by atoms with Gasteiger partial charge in [-0.2, -0.15) is 5.10 Å². The smallest absolute Gasteiger partial charge is 0.227 e. The third-order valence-corrected chi connectivity index (χ3v) is 4.05. The first-order valence-electron chi connectivity index (χ1n) is 7.87. The number of amides is 1. The van der Waals surface area contributed by atoms with E-state index >= 15 is 0 Å². The summed E-state index contributed by atoms with van der Waals surface area (Å²) in [6, 6.07) is 0.343. The molecule has 0 atom stereocenters. The predicted octanol–water partition coefficient (Wildman–Crippen LogP) is 1.68. The van der Waals surface area contributed by atoms with Crippen LogP contribution in [0.25, 0.3) is 0 Å². The summed E-state index contributed by atoms with van der Waals surface area (Å²) in [5.41, 5.74) is 3.08. The predicted molar refractivity (Wildman–Crippen MR) is 82.1 cm³/mol. The summed E-state index contributed by atoms with van der Waals surface area (Å²) in [5, 5.41) is 13.7. The molecule has 1 amide bonds. The summed E-state index contributed by atoms with van der Waals surface area (Å²) < 4.78 is 2.01. The fourth-order valence-electron chi connectivity index (χ4n) is 2.77. The summed E-state index contributed by atoms with van der Waals surface area (Å²) in [6.45, 7) is 9.70. The van der Waals surface area contributed by atoms with Gasteiger partial charge in [0.2, 0.25) is 5.91 Å². The highest BCUT2D eigenvalue weighted by Gasteiger charge is 2.32. The normalized spacial score (nSPS) is 14.8. The van der Waals surface area contributed by atoms with Gasteiger partial charge in [0.25, 0.3) is 0 Å². The second kappa shape index (κ2) is 6.60. The molecule has 1 aromatic rings. The van der Waals surface area contributed by atoms with Crippen molar-refractivity contribution < 1.29 is 9.90 Å². The van der Waals surface area contributed by atoms with Gasteiger partial charge < -0.3 is 10.0 Å². The molecule has 1 aliphatic rings. The molecule has 5 nitrogen and oxygen atoms in total. The van der Waals surface area contributed by atoms with Crippen LogP contribution in [-0.2, 0) is 17.8 Å². The Morgan fingerprint density at radius 2 is 2.10 bits per heavy atom. The zero-order chi connectivity index (χ0) is 15.6. The van der Waals surface area contributed by atoms with Crippen LogP contribution in [0, 0.1) is 19.8 Å². The van der Waals surface area contributed by atoms with Crippen LogP contribution in [0.1, 0.15) is 43.6 Å². The van der Waals surface area contributed by atoms with Gasteiger partial charge in [0.05, 0.1) is 18.7 Å². The van der Waals surface area contributed by atoms with E-state index in [-0.39, 0.29) is 12.5 Å². The van der Waals surface area contributed by atoms with E-state index in [0.29, 0.717) is 24.9 Å². The molecule has 1 saturated carbocycles. The van der Waals surface area contributed by atoms with Gasteiger partial charge in [0.1, 0.15) is 0 Å². The van der Waals surface area contributed by atoms with Crippen molar-refractivity contribution >= 4 is 5.91 Å². The summed E-state index contributed by atoms with van der Waals surface area (Å²) in [7, 11) is 0. The third kappa shape index (κ3) is 3.84. The van der Waals surface area contributed by atoms with Crippen LogP contribution in [0.15, 0.2) is 0 Å². The van der Waals surface area contributed by atoms with Gasteiger partial charge in [-0.15, -0.1) is 0 Å². The minimum atomic E-state index is 0.0345. The monoisotopic (exact) mass is 293 g/mol. The molecule has 118 valence electrons. The largest absolute Gasteiger partial charge is 0.395 e. The van der Waals surface area contributed by atoms with Crippen LogP contribution in [0.2, 0.25) is 0 Å². The lowest BCUT2D eigenvalue weighted by molar-refractivity contribution is -0.131. The maximum absolute atomic E-state index is 12.5. The number of aliphatic hydroxyl groups is 1. The van der Waals surface area contributed by atoms with Crippen molar-refractivity contribution in [3.63, 3.8) is 0 Å². The zero-order valence-corrected chi connectivity index (χ0v) is 13.6. The molecule has 1 N–H and O–H groups in total. The summed E-state index contributed by atoms with van der Waals surface area (Å²) in [5.74, 6) is 0.644. The van der Waals surface area contributed by atoms with Gasteiger partial charge in [-0.25, -0.2) is 0 Å². The van der Waals surface area contributed by atoms with Gasteiger partial charge >= 0.3 is 0 Å².